The van der Waals surface area contributed by atoms with E-state index < -0.39 is 0 Å². The lowest BCUT2D eigenvalue weighted by Crippen LogP contribution is -2.52. The fourth-order valence-corrected chi connectivity index (χ4v) is 4.01. The highest BCUT2D eigenvalue weighted by molar-refractivity contribution is 5.84. The lowest BCUT2D eigenvalue weighted by atomic mass is 9.72. The summed E-state index contributed by atoms with van der Waals surface area (Å²) >= 11 is 0. The molecule has 1 heterocycles. The van der Waals surface area contributed by atoms with Crippen molar-refractivity contribution in [1.29, 1.82) is 0 Å². The monoisotopic (exact) mass is 280 g/mol. The van der Waals surface area contributed by atoms with Gasteiger partial charge >= 0.3 is 0 Å². The van der Waals surface area contributed by atoms with E-state index >= 15 is 0 Å². The lowest BCUT2D eigenvalue weighted by Gasteiger charge is -2.45. The molecule has 3 nitrogen and oxygen atoms in total. The molecule has 1 saturated heterocycles. The van der Waals surface area contributed by atoms with E-state index in [9.17, 15) is 4.79 Å². The van der Waals surface area contributed by atoms with Gasteiger partial charge in [0.1, 0.15) is 0 Å². The van der Waals surface area contributed by atoms with Gasteiger partial charge in [-0.05, 0) is 31.1 Å². The smallest absolute Gasteiger partial charge is 0.241 e. The van der Waals surface area contributed by atoms with Crippen molar-refractivity contribution < 1.29 is 4.79 Å². The van der Waals surface area contributed by atoms with E-state index in [4.69, 9.17) is 0 Å². The zero-order chi connectivity index (χ0) is 14.8. The van der Waals surface area contributed by atoms with Crippen LogP contribution in [0.1, 0.15) is 79.1 Å². The summed E-state index contributed by atoms with van der Waals surface area (Å²) < 4.78 is 0. The summed E-state index contributed by atoms with van der Waals surface area (Å²) in [6.07, 6.45) is 9.58. The van der Waals surface area contributed by atoms with Crippen molar-refractivity contribution in [3.05, 3.63) is 0 Å². The third-order valence-electron chi connectivity index (χ3n) is 5.30. The molecule has 1 aliphatic carbocycles. The number of carbonyl (C=O) groups excluding carboxylic acids is 1. The second-order valence-corrected chi connectivity index (χ2v) is 7.28. The van der Waals surface area contributed by atoms with Crippen molar-refractivity contribution in [3.63, 3.8) is 0 Å². The van der Waals surface area contributed by atoms with Crippen molar-refractivity contribution in [3.8, 4) is 0 Å². The van der Waals surface area contributed by atoms with Gasteiger partial charge in [0.25, 0.3) is 0 Å². The molecule has 2 aliphatic rings. The number of hydrogen-bond donors (Lipinski definition) is 1. The van der Waals surface area contributed by atoms with E-state index in [0.717, 1.165) is 25.7 Å². The molecular weight excluding hydrogens is 248 g/mol. The average Bonchev–Trinajstić information content (AvgIpc) is 2.72. The van der Waals surface area contributed by atoms with Crippen LogP contribution in [0.4, 0.5) is 0 Å². The van der Waals surface area contributed by atoms with Crippen molar-refractivity contribution in [2.45, 2.75) is 97.3 Å². The van der Waals surface area contributed by atoms with Crippen LogP contribution in [0.3, 0.4) is 0 Å². The molecular formula is C17H32N2O. The molecule has 0 radical (unpaired) electrons. The van der Waals surface area contributed by atoms with Crippen molar-refractivity contribution in [1.82, 2.24) is 10.2 Å². The molecule has 1 saturated carbocycles. The van der Waals surface area contributed by atoms with E-state index in [0.29, 0.717) is 11.9 Å². The number of carbonyl (C=O) groups is 1. The van der Waals surface area contributed by atoms with Crippen LogP contribution in [0.25, 0.3) is 0 Å². The SMILES string of the molecule is CCCCC1NC(CC)N(C2CCCCC2(C)C)C1=O. The summed E-state index contributed by atoms with van der Waals surface area (Å²) in [6.45, 7) is 9.07. The Morgan fingerprint density at radius 3 is 2.65 bits per heavy atom. The predicted octanol–water partition coefficient (Wildman–Crippen LogP) is 3.68. The summed E-state index contributed by atoms with van der Waals surface area (Å²) in [5.41, 5.74) is 0.267. The maximum absolute atomic E-state index is 12.8. The van der Waals surface area contributed by atoms with E-state index in [1.807, 2.05) is 0 Å². The fourth-order valence-electron chi connectivity index (χ4n) is 4.01. The molecule has 2 fully saturated rings. The van der Waals surface area contributed by atoms with Crippen LogP contribution in [0, 0.1) is 5.41 Å². The summed E-state index contributed by atoms with van der Waals surface area (Å²) in [5, 5.41) is 3.59. The predicted molar refractivity (Wildman–Crippen MR) is 83.4 cm³/mol. The second-order valence-electron chi connectivity index (χ2n) is 7.28. The molecule has 0 aromatic heterocycles. The second kappa shape index (κ2) is 6.46. The lowest BCUT2D eigenvalue weighted by molar-refractivity contribution is -0.136. The molecule has 3 heteroatoms. The number of amides is 1. The van der Waals surface area contributed by atoms with Gasteiger partial charge in [-0.3, -0.25) is 10.1 Å². The molecule has 0 aromatic carbocycles. The molecule has 1 amide bonds. The highest BCUT2D eigenvalue weighted by Gasteiger charge is 2.46. The Kier molecular flexibility index (Phi) is 5.11. The Bertz CT molecular complexity index is 340. The van der Waals surface area contributed by atoms with Crippen LogP contribution < -0.4 is 5.32 Å². The molecule has 0 spiro atoms. The van der Waals surface area contributed by atoms with Crippen LogP contribution in [0.2, 0.25) is 0 Å². The van der Waals surface area contributed by atoms with Gasteiger partial charge in [0.15, 0.2) is 0 Å². The first-order valence-electron chi connectivity index (χ1n) is 8.59. The standard InChI is InChI=1S/C17H32N2O/c1-5-7-10-13-16(20)19(15(6-2)18-13)14-11-8-9-12-17(14,3)4/h13-15,18H,5-12H2,1-4H3. The maximum atomic E-state index is 12.8. The first-order chi connectivity index (χ1) is 9.51. The molecule has 3 unspecified atom stereocenters. The zero-order valence-electron chi connectivity index (χ0n) is 13.7. The van der Waals surface area contributed by atoms with Gasteiger partial charge in [0.2, 0.25) is 5.91 Å². The Hall–Kier alpha value is -0.570. The molecule has 116 valence electrons. The minimum atomic E-state index is 0.0672. The Morgan fingerprint density at radius 1 is 1.30 bits per heavy atom. The molecule has 0 bridgehead atoms. The van der Waals surface area contributed by atoms with Crippen molar-refractivity contribution >= 4 is 5.91 Å². The van der Waals surface area contributed by atoms with Gasteiger partial charge in [-0.2, -0.15) is 0 Å². The number of nitrogens with zero attached hydrogens (tertiary/aromatic N) is 1. The molecule has 1 aliphatic heterocycles. The third kappa shape index (κ3) is 3.03. The summed E-state index contributed by atoms with van der Waals surface area (Å²) in [5.74, 6) is 0.366. The minimum absolute atomic E-state index is 0.0672. The number of unbranched alkanes of at least 4 members (excludes halogenated alkanes) is 1. The normalized spacial score (nSPS) is 33.7. The van der Waals surface area contributed by atoms with Gasteiger partial charge in [-0.25, -0.2) is 0 Å². The van der Waals surface area contributed by atoms with E-state index in [-0.39, 0.29) is 17.6 Å². The number of hydrogen-bond acceptors (Lipinski definition) is 2. The summed E-state index contributed by atoms with van der Waals surface area (Å²) in [6, 6.07) is 0.491. The Morgan fingerprint density at radius 2 is 2.05 bits per heavy atom. The van der Waals surface area contributed by atoms with Gasteiger partial charge in [-0.1, -0.05) is 53.4 Å². The highest BCUT2D eigenvalue weighted by atomic mass is 16.2. The summed E-state index contributed by atoms with van der Waals surface area (Å²) in [7, 11) is 0. The van der Waals surface area contributed by atoms with E-state index in [1.165, 1.54) is 25.7 Å². The van der Waals surface area contributed by atoms with Gasteiger partial charge in [0, 0.05) is 6.04 Å². The molecule has 1 N–H and O–H groups in total. The van der Waals surface area contributed by atoms with Crippen LogP contribution in [0.15, 0.2) is 0 Å². The van der Waals surface area contributed by atoms with Crippen LogP contribution in [0.5, 0.6) is 0 Å². The number of rotatable bonds is 5. The van der Waals surface area contributed by atoms with E-state index in [1.54, 1.807) is 0 Å². The Balaban J connectivity index is 2.13. The average molecular weight is 280 g/mol. The first kappa shape index (κ1) is 15.8. The van der Waals surface area contributed by atoms with Gasteiger partial charge in [-0.15, -0.1) is 0 Å². The highest BCUT2D eigenvalue weighted by Crippen LogP contribution is 2.41. The maximum Gasteiger partial charge on any atom is 0.241 e. The number of nitrogens with one attached hydrogen (secondary N) is 1. The summed E-state index contributed by atoms with van der Waals surface area (Å²) in [4.78, 5) is 15.1. The topological polar surface area (TPSA) is 32.3 Å². The van der Waals surface area contributed by atoms with Crippen LogP contribution in [-0.2, 0) is 4.79 Å². The molecule has 0 aromatic rings. The minimum Gasteiger partial charge on any atom is -0.322 e. The molecule has 20 heavy (non-hydrogen) atoms. The van der Waals surface area contributed by atoms with Crippen molar-refractivity contribution in [2.24, 2.45) is 5.41 Å². The van der Waals surface area contributed by atoms with Crippen LogP contribution in [-0.4, -0.2) is 29.1 Å². The first-order valence-corrected chi connectivity index (χ1v) is 8.59. The largest absolute Gasteiger partial charge is 0.322 e. The van der Waals surface area contributed by atoms with Gasteiger partial charge < -0.3 is 4.90 Å². The third-order valence-corrected chi connectivity index (χ3v) is 5.30. The fraction of sp³-hybridized carbons (Fsp3) is 0.941. The zero-order valence-corrected chi connectivity index (χ0v) is 13.7. The quantitative estimate of drug-likeness (QED) is 0.833. The van der Waals surface area contributed by atoms with Crippen LogP contribution >= 0.6 is 0 Å². The molecule has 3 atom stereocenters. The van der Waals surface area contributed by atoms with Crippen molar-refractivity contribution in [2.75, 3.05) is 0 Å². The van der Waals surface area contributed by atoms with Gasteiger partial charge in [0.05, 0.1) is 12.2 Å². The Labute approximate surface area is 124 Å². The molecule has 2 rings (SSSR count). The van der Waals surface area contributed by atoms with E-state index in [2.05, 4.69) is 37.9 Å².